The molecule has 9 fully saturated rings. The van der Waals surface area contributed by atoms with Crippen molar-refractivity contribution in [1.29, 1.82) is 0 Å². The van der Waals surface area contributed by atoms with Crippen LogP contribution < -0.4 is 0 Å². The predicted molar refractivity (Wildman–Crippen MR) is 503 cm³/mol. The second-order valence-corrected chi connectivity index (χ2v) is 30.2. The van der Waals surface area contributed by atoms with Gasteiger partial charge in [-0.05, 0) is 122 Å². The Kier molecular flexibility index (Phi) is 21.6. The molecule has 9 aromatic rings. The van der Waals surface area contributed by atoms with E-state index in [4.69, 9.17) is 78.8 Å². The van der Waals surface area contributed by atoms with Gasteiger partial charge in [0.25, 0.3) is 0 Å². The fourth-order valence-corrected chi connectivity index (χ4v) is 13.7. The first-order chi connectivity index (χ1) is 85.8. The molecule has 36 heteroatoms. The molecule has 0 aliphatic carbocycles. The van der Waals surface area contributed by atoms with Crippen LogP contribution in [0.4, 0.5) is 0 Å². The number of nitrogens with zero attached hydrogens (tertiary/aromatic N) is 18. The van der Waals surface area contributed by atoms with E-state index in [2.05, 4.69) is 89.7 Å². The monoisotopic (exact) mass is 1940 g/mol. The van der Waals surface area contributed by atoms with E-state index in [1.807, 2.05) is 24.1 Å². The number of rotatable bonds is 26. The van der Waals surface area contributed by atoms with Crippen molar-refractivity contribution in [2.45, 2.75) is 191 Å². The Hall–Kier alpha value is -11.9. The lowest BCUT2D eigenvalue weighted by Crippen LogP contribution is -2.18. The van der Waals surface area contributed by atoms with Crippen LogP contribution in [0.3, 0.4) is 0 Å². The van der Waals surface area contributed by atoms with Crippen molar-refractivity contribution in [3.05, 3.63) is 164 Å². The summed E-state index contributed by atoms with van der Waals surface area (Å²) in [6, 6.07) is 0. The number of aromatic nitrogens is 18. The topological polar surface area (TPSA) is 397 Å². The van der Waals surface area contributed by atoms with Crippen LogP contribution in [0.1, 0.15) is 259 Å². The van der Waals surface area contributed by atoms with Crippen LogP contribution in [0.5, 0.6) is 0 Å². The number of hydrogen-bond donors (Lipinski definition) is 0. The molecule has 9 saturated heterocycles. The maximum absolute atomic E-state index is 12.0. The molecule has 0 bridgehead atoms. The smallest absolute Gasteiger partial charge is 0.309 e. The quantitative estimate of drug-likeness (QED) is 0.0359. The van der Waals surface area contributed by atoms with E-state index in [1.54, 1.807) is 53.3 Å². The van der Waals surface area contributed by atoms with Crippen LogP contribution >= 0.6 is 0 Å². The minimum Gasteiger partial charge on any atom is -0.465 e. The van der Waals surface area contributed by atoms with E-state index < -0.39 is 293 Å². The molecular weight excluding hydrogens is 1740 g/mol. The minimum absolute atomic E-state index is 0.0205. The van der Waals surface area contributed by atoms with Crippen LogP contribution in [0.2, 0.25) is 0 Å². The third-order valence-corrected chi connectivity index (χ3v) is 21.6. The highest BCUT2D eigenvalue weighted by Crippen LogP contribution is 2.36. The zero-order chi connectivity index (χ0) is 146. The Morgan fingerprint density at radius 1 is 0.279 bits per heavy atom. The summed E-state index contributed by atoms with van der Waals surface area (Å²) >= 11 is 0. The fraction of sp³-hybridized carbons (Fsp3) is 0.640. The molecule has 0 spiro atoms. The lowest BCUT2D eigenvalue weighted by atomic mass is 9.89. The first-order valence-corrected chi connectivity index (χ1v) is 42.7. The molecular formula is C100H148N18O18. The molecule has 0 saturated carbocycles. The number of carbonyl (C=O) groups excluding carboxylic acids is 9. The van der Waals surface area contributed by atoms with Gasteiger partial charge in [-0.2, -0.15) is 0 Å². The summed E-state index contributed by atoms with van der Waals surface area (Å²) in [6.45, 7) is -22.7. The predicted octanol–water partition coefficient (Wildman–Crippen LogP) is 11.2. The van der Waals surface area contributed by atoms with Gasteiger partial charge in [0, 0.05) is 267 Å². The van der Waals surface area contributed by atoms with E-state index in [1.165, 1.54) is 79.5 Å². The molecule has 9 aliphatic heterocycles. The van der Waals surface area contributed by atoms with Crippen LogP contribution in [0.15, 0.2) is 113 Å². The number of ether oxygens (including phenoxy) is 9. The van der Waals surface area contributed by atoms with E-state index in [9.17, 15) is 43.2 Å². The summed E-state index contributed by atoms with van der Waals surface area (Å²) in [6.07, 6.45) is 14.8. The van der Waals surface area contributed by atoms with Gasteiger partial charge in [-0.1, -0.05) is 69.2 Å². The number of cyclic esters (lactones) is 9. The zero-order valence-electron chi connectivity index (χ0n) is 131. The van der Waals surface area contributed by atoms with Gasteiger partial charge in [0.15, 0.2) is 0 Å². The van der Waals surface area contributed by atoms with Crippen molar-refractivity contribution in [3.8, 4) is 0 Å². The zero-order valence-corrected chi connectivity index (χ0v) is 76.9. The fourth-order valence-electron chi connectivity index (χ4n) is 13.7. The van der Waals surface area contributed by atoms with Gasteiger partial charge < -0.3 is 83.7 Å². The normalized spacial score (nSPS) is 41.4. The van der Waals surface area contributed by atoms with Crippen molar-refractivity contribution in [2.24, 2.45) is 163 Å². The molecule has 0 amide bonds. The largest absolute Gasteiger partial charge is 0.465 e. The lowest BCUT2D eigenvalue weighted by Gasteiger charge is -2.12. The third kappa shape index (κ3) is 30.1. The molecule has 18 heterocycles. The van der Waals surface area contributed by atoms with Crippen LogP contribution in [0.25, 0.3) is 0 Å². The maximum Gasteiger partial charge on any atom is 0.309 e. The summed E-state index contributed by atoms with van der Waals surface area (Å²) in [4.78, 5) is 140. The summed E-state index contributed by atoms with van der Waals surface area (Å²) in [5, 5.41) is 0. The molecule has 9 aromatic heterocycles. The van der Waals surface area contributed by atoms with E-state index in [0.717, 1.165) is 87.9 Å². The second kappa shape index (κ2) is 54.2. The molecule has 136 heavy (non-hydrogen) atoms. The average molecular weight is 1940 g/mol. The summed E-state index contributed by atoms with van der Waals surface area (Å²) < 4.78 is 469. The highest BCUT2D eigenvalue weighted by atomic mass is 16.6. The van der Waals surface area contributed by atoms with Crippen LogP contribution in [-0.2, 0) is 207 Å². The molecule has 0 unspecified atom stereocenters. The molecule has 18 atom stereocenters. The van der Waals surface area contributed by atoms with Gasteiger partial charge in [0.05, 0.1) is 194 Å². The molecule has 18 rings (SSSR count). The maximum atomic E-state index is 12.0. The molecule has 0 radical (unpaired) electrons. The molecule has 0 aromatic carbocycles. The van der Waals surface area contributed by atoms with Gasteiger partial charge >= 0.3 is 53.7 Å². The van der Waals surface area contributed by atoms with E-state index in [0.29, 0.717) is 34.5 Å². The van der Waals surface area contributed by atoms with Crippen LogP contribution in [0, 0.1) is 100 Å². The number of imidazole rings is 9. The Labute approximate surface area is 876 Å². The van der Waals surface area contributed by atoms with Crippen molar-refractivity contribution in [3.63, 3.8) is 0 Å². The number of esters is 9. The number of aryl methyl sites for hydroxylation is 10. The average Bonchev–Trinajstić information content (AvgIpc) is 1.55. The highest BCUT2D eigenvalue weighted by Gasteiger charge is 2.43. The summed E-state index contributed by atoms with van der Waals surface area (Å²) in [7, 11) is 5.35. The van der Waals surface area contributed by atoms with Crippen molar-refractivity contribution in [1.82, 2.24) is 86.0 Å². The van der Waals surface area contributed by atoms with Gasteiger partial charge in [-0.25, -0.2) is 44.9 Å². The molecule has 36 nitrogen and oxygen atoms in total. The molecule has 9 aliphatic rings. The van der Waals surface area contributed by atoms with E-state index in [-0.39, 0.29) is 92.7 Å². The first kappa shape index (κ1) is 54.3. The summed E-state index contributed by atoms with van der Waals surface area (Å²) in [5.74, 6) is -39.7. The van der Waals surface area contributed by atoms with Crippen LogP contribution in [-0.4, -0.2) is 199 Å². The van der Waals surface area contributed by atoms with Crippen molar-refractivity contribution in [2.75, 3.05) is 59.0 Å². The van der Waals surface area contributed by atoms with Crippen molar-refractivity contribution < 1.29 is 160 Å². The van der Waals surface area contributed by atoms with Gasteiger partial charge in [0.2, 0.25) is 0 Å². The first-order valence-electron chi connectivity index (χ1n) is 69.8. The Bertz CT molecular complexity index is 7860. The molecule has 746 valence electrons. The Morgan fingerprint density at radius 3 is 0.831 bits per heavy atom. The van der Waals surface area contributed by atoms with E-state index >= 15 is 0 Å². The highest BCUT2D eigenvalue weighted by molar-refractivity contribution is 5.78. The van der Waals surface area contributed by atoms with Crippen molar-refractivity contribution >= 4 is 53.7 Å². The minimum atomic E-state index is -2.99. The standard InChI is InChI=1S/8C11H16N2O2.C6H10N2.C6H10O2/c8*1-3-10-8(6-15-11(10)14)4-9-5-12-7-13(9)2;1-3-6-4-7-5-8(6)2;1-2-5-3-4-8-6(5)7/h8*5,7-8,10H,3-4,6H2,1-2H3;4-5H,3H2,1-2H3;5H,2-4H2,1H3/t8*8-,10-;;5-/m00000000.0/s1/i2D3,3D2,6D2,8D,10D;3D2,6D2,8D,10D;2D3,6D2,8D,10D;2D3,3D2,6D2,10D;6D2,8D,10D;2D3,6D2,10D;2D3,6D2,8D;2D3,6D2;;3D,4D2/t8m;;3-,5+/m00000000.1. The number of hydrogen-bond acceptors (Lipinski definition) is 27. The third-order valence-electron chi connectivity index (χ3n) is 21.6. The molecule has 0 N–H and O–H groups in total. The number of carbonyl (C=O) groups is 9. The van der Waals surface area contributed by atoms with Gasteiger partial charge in [0.1, 0.15) is 0 Å². The van der Waals surface area contributed by atoms with Gasteiger partial charge in [-0.15, -0.1) is 0 Å². The summed E-state index contributed by atoms with van der Waals surface area (Å²) in [5.41, 5.74) is 3.04. The Balaban J connectivity index is 0.000000231. The second-order valence-electron chi connectivity index (χ2n) is 30.2. The SMILES string of the molecule is CCc1cncn1C.[2H]C([2H])([2H])n1cncc1C[C@@]1([2H])C([2H])([2H])OC(=O)[C@@]1([2H])C([2H])([2H])C.[2H]C([2H])([2H])n1cncc1C[C@@]1([2H])C([2H])([2H])OC(=O)[C@@]1([2H])CC.[2H]C([2H])([2H])n1cncc1C[C@]1([2H])[C@H](CC)C(=O)OC1([2H])[2H].[2H]C1([2H])OC(=O)[C@@H](CC)[C@H]1Cc1cncn1C([2H])([2H])[2H].[2H]C1([2H])OC(=O)[C@@]([2H])(C([2H])([2H])C)[C@@]1([2H])Cc1cncn1C.[2H]C1([2H])OC(=O)[C@@]([2H])(C([2H])([2H])C)[C@H]1Cc1cncn1C([2H])([2H])[2H].[2H]C1([2H])OC(=O)[C@@]([2H])(CC)[C@@]1([2H])Cc1cncn1C.[2H]C1([2H])OC(=O)[C@@]([2H])(CC)[C@H]1Cc1cncn1C([2H])([2H])[2H].[2H][C@H]1[C@H](CC)C(=O)OC1([2H])[2H]. The Morgan fingerprint density at radius 2 is 0.537 bits per heavy atom. The lowest BCUT2D eigenvalue weighted by molar-refractivity contribution is -0.142. The van der Waals surface area contributed by atoms with Gasteiger partial charge in [-0.3, -0.25) is 43.2 Å².